The van der Waals surface area contributed by atoms with Crippen molar-refractivity contribution in [3.63, 3.8) is 0 Å². The first-order valence-electron chi connectivity index (χ1n) is 5.74. The van der Waals surface area contributed by atoms with Gasteiger partial charge in [-0.2, -0.15) is 5.26 Å². The summed E-state index contributed by atoms with van der Waals surface area (Å²) in [5.74, 6) is 0.953. The van der Waals surface area contributed by atoms with Gasteiger partial charge < -0.3 is 10.1 Å². The van der Waals surface area contributed by atoms with E-state index in [2.05, 4.69) is 27.3 Å². The van der Waals surface area contributed by atoms with Gasteiger partial charge in [0.1, 0.15) is 5.75 Å². The summed E-state index contributed by atoms with van der Waals surface area (Å²) in [6, 6.07) is 8.54. The normalized spacial score (nSPS) is 23.1. The molecule has 0 bridgehead atoms. The van der Waals surface area contributed by atoms with E-state index in [-0.39, 0.29) is 12.0 Å². The molecule has 1 saturated carbocycles. The van der Waals surface area contributed by atoms with Gasteiger partial charge in [-0.3, -0.25) is 0 Å². The summed E-state index contributed by atoms with van der Waals surface area (Å²) in [5.41, 5.74) is 1.03. The topological polar surface area (TPSA) is 45.0 Å². The second-order valence-electron chi connectivity index (χ2n) is 4.27. The molecule has 0 spiro atoms. The van der Waals surface area contributed by atoms with E-state index in [0.717, 1.165) is 35.2 Å². The molecule has 1 aromatic rings. The van der Waals surface area contributed by atoms with Gasteiger partial charge >= 0.3 is 0 Å². The summed E-state index contributed by atoms with van der Waals surface area (Å²) in [4.78, 5) is 0. The first-order valence-corrected chi connectivity index (χ1v) is 6.53. The molecule has 0 radical (unpaired) electrons. The molecule has 0 aromatic heterocycles. The Hall–Kier alpha value is -1.21. The van der Waals surface area contributed by atoms with Gasteiger partial charge in [0, 0.05) is 11.7 Å². The minimum Gasteiger partial charge on any atom is -0.496 e. The van der Waals surface area contributed by atoms with Gasteiger partial charge in [-0.15, -0.1) is 0 Å². The molecule has 0 amide bonds. The lowest BCUT2D eigenvalue weighted by Gasteiger charge is -2.17. The maximum absolute atomic E-state index is 9.03. The van der Waals surface area contributed by atoms with E-state index in [1.54, 1.807) is 7.11 Å². The second-order valence-corrected chi connectivity index (χ2v) is 5.12. The highest BCUT2D eigenvalue weighted by Crippen LogP contribution is 2.31. The largest absolute Gasteiger partial charge is 0.496 e. The SMILES string of the molecule is COc1ccc(NC2CCCC2C#N)cc1Br. The molecule has 1 N–H and O–H groups in total. The van der Waals surface area contributed by atoms with Gasteiger partial charge in [-0.1, -0.05) is 0 Å². The molecule has 90 valence electrons. The van der Waals surface area contributed by atoms with Crippen LogP contribution < -0.4 is 10.1 Å². The minimum absolute atomic E-state index is 0.135. The van der Waals surface area contributed by atoms with Crippen molar-refractivity contribution >= 4 is 21.6 Å². The molecule has 1 aromatic carbocycles. The molecule has 17 heavy (non-hydrogen) atoms. The summed E-state index contributed by atoms with van der Waals surface area (Å²) < 4.78 is 6.11. The van der Waals surface area contributed by atoms with Crippen molar-refractivity contribution in [1.82, 2.24) is 0 Å². The zero-order valence-electron chi connectivity index (χ0n) is 9.74. The highest BCUT2D eigenvalue weighted by Gasteiger charge is 2.26. The van der Waals surface area contributed by atoms with Crippen molar-refractivity contribution in [1.29, 1.82) is 5.26 Å². The zero-order chi connectivity index (χ0) is 12.3. The summed E-state index contributed by atoms with van der Waals surface area (Å²) >= 11 is 3.46. The lowest BCUT2D eigenvalue weighted by Crippen LogP contribution is -2.22. The first-order chi connectivity index (χ1) is 8.24. The number of benzene rings is 1. The molecule has 0 aliphatic heterocycles. The fraction of sp³-hybridized carbons (Fsp3) is 0.462. The Bertz CT molecular complexity index is 442. The van der Waals surface area contributed by atoms with Crippen LogP contribution in [-0.2, 0) is 0 Å². The first kappa shape index (κ1) is 12.3. The molecule has 3 nitrogen and oxygen atoms in total. The molecular formula is C13H15BrN2O. The van der Waals surface area contributed by atoms with Crippen LogP contribution in [0.1, 0.15) is 19.3 Å². The highest BCUT2D eigenvalue weighted by atomic mass is 79.9. The molecular weight excluding hydrogens is 280 g/mol. The summed E-state index contributed by atoms with van der Waals surface area (Å²) in [5, 5.41) is 12.5. The summed E-state index contributed by atoms with van der Waals surface area (Å²) in [6.45, 7) is 0. The summed E-state index contributed by atoms with van der Waals surface area (Å²) in [7, 11) is 1.65. The Morgan fingerprint density at radius 3 is 2.94 bits per heavy atom. The minimum atomic E-state index is 0.135. The van der Waals surface area contributed by atoms with E-state index < -0.39 is 0 Å². The van der Waals surface area contributed by atoms with Crippen LogP contribution in [0.15, 0.2) is 22.7 Å². The molecule has 2 unspecified atom stereocenters. The number of nitrogens with one attached hydrogen (secondary N) is 1. The second kappa shape index (κ2) is 5.42. The van der Waals surface area contributed by atoms with Crippen LogP contribution >= 0.6 is 15.9 Å². The third-order valence-electron chi connectivity index (χ3n) is 3.19. The number of anilines is 1. The quantitative estimate of drug-likeness (QED) is 0.927. The number of ether oxygens (including phenoxy) is 1. The van der Waals surface area contributed by atoms with Crippen molar-refractivity contribution in [2.45, 2.75) is 25.3 Å². The number of hydrogen-bond acceptors (Lipinski definition) is 3. The van der Waals surface area contributed by atoms with Crippen molar-refractivity contribution in [3.8, 4) is 11.8 Å². The third kappa shape index (κ3) is 2.73. The van der Waals surface area contributed by atoms with Crippen LogP contribution in [0.3, 0.4) is 0 Å². The number of rotatable bonds is 3. The number of methoxy groups -OCH3 is 1. The van der Waals surface area contributed by atoms with Crippen LogP contribution in [0.4, 0.5) is 5.69 Å². The van der Waals surface area contributed by atoms with Gasteiger partial charge in [-0.25, -0.2) is 0 Å². The maximum Gasteiger partial charge on any atom is 0.133 e. The van der Waals surface area contributed by atoms with E-state index in [1.807, 2.05) is 18.2 Å². The van der Waals surface area contributed by atoms with Crippen molar-refractivity contribution in [3.05, 3.63) is 22.7 Å². The van der Waals surface area contributed by atoms with E-state index in [1.165, 1.54) is 0 Å². The van der Waals surface area contributed by atoms with E-state index in [4.69, 9.17) is 10.00 Å². The molecule has 0 saturated heterocycles. The number of nitriles is 1. The van der Waals surface area contributed by atoms with Crippen LogP contribution in [0.25, 0.3) is 0 Å². The van der Waals surface area contributed by atoms with Gasteiger partial charge in [0.25, 0.3) is 0 Å². The Morgan fingerprint density at radius 1 is 1.47 bits per heavy atom. The number of nitrogens with zero attached hydrogens (tertiary/aromatic N) is 1. The van der Waals surface area contributed by atoms with E-state index in [9.17, 15) is 0 Å². The van der Waals surface area contributed by atoms with Gasteiger partial charge in [-0.05, 0) is 53.4 Å². The predicted molar refractivity (Wildman–Crippen MR) is 71.1 cm³/mol. The molecule has 0 heterocycles. The Balaban J connectivity index is 2.09. The monoisotopic (exact) mass is 294 g/mol. The van der Waals surface area contributed by atoms with Crippen LogP contribution in [-0.4, -0.2) is 13.2 Å². The van der Waals surface area contributed by atoms with Crippen LogP contribution in [0.5, 0.6) is 5.75 Å². The van der Waals surface area contributed by atoms with Crippen molar-refractivity contribution in [2.24, 2.45) is 5.92 Å². The highest BCUT2D eigenvalue weighted by molar-refractivity contribution is 9.10. The molecule has 2 rings (SSSR count). The van der Waals surface area contributed by atoms with Crippen LogP contribution in [0, 0.1) is 17.2 Å². The molecule has 2 atom stereocenters. The van der Waals surface area contributed by atoms with Crippen molar-refractivity contribution < 1.29 is 4.74 Å². The summed E-state index contributed by atoms with van der Waals surface area (Å²) in [6.07, 6.45) is 3.21. The Morgan fingerprint density at radius 2 is 2.29 bits per heavy atom. The van der Waals surface area contributed by atoms with Crippen molar-refractivity contribution in [2.75, 3.05) is 12.4 Å². The average molecular weight is 295 g/mol. The Labute approximate surface area is 110 Å². The zero-order valence-corrected chi connectivity index (χ0v) is 11.3. The van der Waals surface area contributed by atoms with Gasteiger partial charge in [0.05, 0.1) is 23.6 Å². The van der Waals surface area contributed by atoms with Gasteiger partial charge in [0.15, 0.2) is 0 Å². The smallest absolute Gasteiger partial charge is 0.133 e. The lowest BCUT2D eigenvalue weighted by molar-refractivity contribution is 0.412. The fourth-order valence-electron chi connectivity index (χ4n) is 2.26. The maximum atomic E-state index is 9.03. The van der Waals surface area contributed by atoms with Gasteiger partial charge in [0.2, 0.25) is 0 Å². The standard InChI is InChI=1S/C13H15BrN2O/c1-17-13-6-5-10(7-11(13)14)16-12-4-2-3-9(12)8-15/h5-7,9,12,16H,2-4H2,1H3. The van der Waals surface area contributed by atoms with Crippen LogP contribution in [0.2, 0.25) is 0 Å². The lowest BCUT2D eigenvalue weighted by atomic mass is 10.1. The fourth-order valence-corrected chi connectivity index (χ4v) is 2.80. The number of hydrogen-bond donors (Lipinski definition) is 1. The van der Waals surface area contributed by atoms with E-state index >= 15 is 0 Å². The molecule has 4 heteroatoms. The predicted octanol–water partition coefficient (Wildman–Crippen LogP) is 3.56. The van der Waals surface area contributed by atoms with E-state index in [0.29, 0.717) is 0 Å². The third-order valence-corrected chi connectivity index (χ3v) is 3.81. The molecule has 1 aliphatic rings. The average Bonchev–Trinajstić information content (AvgIpc) is 2.76. The number of halogens is 1. The Kier molecular flexibility index (Phi) is 3.90. The molecule has 1 fully saturated rings. The molecule has 1 aliphatic carbocycles.